The van der Waals surface area contributed by atoms with Crippen molar-refractivity contribution in [3.05, 3.63) is 0 Å². The van der Waals surface area contributed by atoms with Crippen LogP contribution < -0.4 is 0 Å². The molecule has 3 atom stereocenters. The highest BCUT2D eigenvalue weighted by atomic mass is 16.4. The van der Waals surface area contributed by atoms with E-state index in [0.29, 0.717) is 6.42 Å². The lowest BCUT2D eigenvalue weighted by Crippen LogP contribution is -2.34. The lowest BCUT2D eigenvalue weighted by atomic mass is 10.1. The molecule has 0 aromatic rings. The zero-order chi connectivity index (χ0) is 7.44. The van der Waals surface area contributed by atoms with E-state index in [2.05, 4.69) is 0 Å². The zero-order valence-electron chi connectivity index (χ0n) is 5.78. The molecule has 0 aliphatic heterocycles. The fourth-order valence-electron chi connectivity index (χ4n) is 0.563. The SMILES string of the molecule is CC[C@@H](O)[C@@H](O)[C@@H](C)O. The summed E-state index contributed by atoms with van der Waals surface area (Å²) in [5.41, 5.74) is 0. The van der Waals surface area contributed by atoms with Gasteiger partial charge < -0.3 is 15.3 Å². The molecule has 3 nitrogen and oxygen atoms in total. The Morgan fingerprint density at radius 3 is 1.78 bits per heavy atom. The van der Waals surface area contributed by atoms with Gasteiger partial charge in [0.05, 0.1) is 12.2 Å². The second-order valence-electron chi connectivity index (χ2n) is 2.21. The Morgan fingerprint density at radius 2 is 1.67 bits per heavy atom. The Labute approximate surface area is 54.9 Å². The van der Waals surface area contributed by atoms with Gasteiger partial charge in [0.1, 0.15) is 6.10 Å². The average molecular weight is 134 g/mol. The minimum Gasteiger partial charge on any atom is -0.391 e. The van der Waals surface area contributed by atoms with Crippen molar-refractivity contribution >= 4 is 0 Å². The summed E-state index contributed by atoms with van der Waals surface area (Å²) in [5, 5.41) is 26.5. The molecule has 56 valence electrons. The van der Waals surface area contributed by atoms with Gasteiger partial charge in [-0.3, -0.25) is 0 Å². The van der Waals surface area contributed by atoms with Crippen LogP contribution in [0, 0.1) is 0 Å². The maximum Gasteiger partial charge on any atom is 0.105 e. The molecule has 0 heterocycles. The summed E-state index contributed by atoms with van der Waals surface area (Å²) in [4.78, 5) is 0. The third-order valence-corrected chi connectivity index (χ3v) is 1.31. The summed E-state index contributed by atoms with van der Waals surface area (Å²) in [7, 11) is 0. The highest BCUT2D eigenvalue weighted by Gasteiger charge is 2.18. The van der Waals surface area contributed by atoms with Crippen LogP contribution in [0.1, 0.15) is 20.3 Å². The first-order valence-corrected chi connectivity index (χ1v) is 3.13. The summed E-state index contributed by atoms with van der Waals surface area (Å²) in [6.45, 7) is 3.19. The van der Waals surface area contributed by atoms with Gasteiger partial charge >= 0.3 is 0 Å². The minimum atomic E-state index is -1.00. The summed E-state index contributed by atoms with van der Waals surface area (Å²) in [6.07, 6.45) is -2.19. The molecule has 0 aliphatic carbocycles. The molecule has 0 bridgehead atoms. The molecule has 0 radical (unpaired) electrons. The number of hydrogen-bond donors (Lipinski definition) is 3. The topological polar surface area (TPSA) is 60.7 Å². The fourth-order valence-corrected chi connectivity index (χ4v) is 0.563. The molecule has 0 fully saturated rings. The van der Waals surface area contributed by atoms with Crippen molar-refractivity contribution in [2.24, 2.45) is 0 Å². The monoisotopic (exact) mass is 134 g/mol. The molecule has 0 amide bonds. The van der Waals surface area contributed by atoms with Crippen molar-refractivity contribution in [2.75, 3.05) is 0 Å². The third-order valence-electron chi connectivity index (χ3n) is 1.31. The lowest BCUT2D eigenvalue weighted by Gasteiger charge is -2.17. The van der Waals surface area contributed by atoms with Crippen LogP contribution in [-0.2, 0) is 0 Å². The van der Waals surface area contributed by atoms with E-state index >= 15 is 0 Å². The van der Waals surface area contributed by atoms with Crippen LogP contribution in [0.3, 0.4) is 0 Å². The molecular formula is C6H14O3. The maximum absolute atomic E-state index is 8.89. The summed E-state index contributed by atoms with van der Waals surface area (Å²) in [6, 6.07) is 0. The molecular weight excluding hydrogens is 120 g/mol. The van der Waals surface area contributed by atoms with E-state index in [1.807, 2.05) is 0 Å². The predicted molar refractivity (Wildman–Crippen MR) is 34.0 cm³/mol. The van der Waals surface area contributed by atoms with Crippen LogP contribution in [0.2, 0.25) is 0 Å². The van der Waals surface area contributed by atoms with Gasteiger partial charge in [0.2, 0.25) is 0 Å². The van der Waals surface area contributed by atoms with E-state index < -0.39 is 18.3 Å². The summed E-state index contributed by atoms with van der Waals surface area (Å²) < 4.78 is 0. The summed E-state index contributed by atoms with van der Waals surface area (Å²) >= 11 is 0. The van der Waals surface area contributed by atoms with Crippen molar-refractivity contribution in [1.29, 1.82) is 0 Å². The highest BCUT2D eigenvalue weighted by molar-refractivity contribution is 4.69. The molecule has 0 spiro atoms. The molecule has 0 saturated heterocycles. The fraction of sp³-hybridized carbons (Fsp3) is 1.00. The van der Waals surface area contributed by atoms with E-state index in [1.165, 1.54) is 6.92 Å². The molecule has 0 aromatic carbocycles. The van der Waals surface area contributed by atoms with Crippen LogP contribution in [0.5, 0.6) is 0 Å². The van der Waals surface area contributed by atoms with Crippen LogP contribution in [0.15, 0.2) is 0 Å². The summed E-state index contributed by atoms with van der Waals surface area (Å²) in [5.74, 6) is 0. The number of aliphatic hydroxyl groups is 3. The molecule has 0 saturated carbocycles. The molecule has 3 heteroatoms. The Kier molecular flexibility index (Phi) is 3.77. The normalized spacial score (nSPS) is 21.0. The molecule has 0 aromatic heterocycles. The molecule has 0 rings (SSSR count). The Hall–Kier alpha value is -0.120. The van der Waals surface area contributed by atoms with Crippen molar-refractivity contribution in [3.8, 4) is 0 Å². The second-order valence-corrected chi connectivity index (χ2v) is 2.21. The molecule has 0 aliphatic rings. The average Bonchev–Trinajstić information content (AvgIpc) is 1.84. The van der Waals surface area contributed by atoms with Crippen LogP contribution in [0.4, 0.5) is 0 Å². The van der Waals surface area contributed by atoms with Gasteiger partial charge in [-0.05, 0) is 13.3 Å². The number of hydrogen-bond acceptors (Lipinski definition) is 3. The minimum absolute atomic E-state index is 0.464. The van der Waals surface area contributed by atoms with Gasteiger partial charge in [0.15, 0.2) is 0 Å². The van der Waals surface area contributed by atoms with Gasteiger partial charge in [0, 0.05) is 0 Å². The van der Waals surface area contributed by atoms with Gasteiger partial charge in [-0.1, -0.05) is 6.92 Å². The van der Waals surface area contributed by atoms with E-state index in [-0.39, 0.29) is 0 Å². The van der Waals surface area contributed by atoms with Crippen LogP contribution in [-0.4, -0.2) is 33.6 Å². The van der Waals surface area contributed by atoms with E-state index in [9.17, 15) is 0 Å². The van der Waals surface area contributed by atoms with E-state index in [4.69, 9.17) is 15.3 Å². The zero-order valence-corrected chi connectivity index (χ0v) is 5.78. The lowest BCUT2D eigenvalue weighted by molar-refractivity contribution is -0.0524. The maximum atomic E-state index is 8.89. The molecule has 0 unspecified atom stereocenters. The highest BCUT2D eigenvalue weighted by Crippen LogP contribution is 2.01. The van der Waals surface area contributed by atoms with Gasteiger partial charge in [-0.15, -0.1) is 0 Å². The first-order chi connectivity index (χ1) is 4.09. The quantitative estimate of drug-likeness (QED) is 0.487. The second kappa shape index (κ2) is 3.82. The smallest absolute Gasteiger partial charge is 0.105 e. The molecule has 9 heavy (non-hydrogen) atoms. The van der Waals surface area contributed by atoms with Gasteiger partial charge in [-0.25, -0.2) is 0 Å². The van der Waals surface area contributed by atoms with E-state index in [1.54, 1.807) is 6.92 Å². The number of aliphatic hydroxyl groups excluding tert-OH is 3. The molecule has 3 N–H and O–H groups in total. The first-order valence-electron chi connectivity index (χ1n) is 3.13. The predicted octanol–water partition coefficient (Wildman–Crippen LogP) is -0.501. The van der Waals surface area contributed by atoms with Crippen LogP contribution in [0.25, 0.3) is 0 Å². The third kappa shape index (κ3) is 2.79. The van der Waals surface area contributed by atoms with Gasteiger partial charge in [-0.2, -0.15) is 0 Å². The number of rotatable bonds is 3. The largest absolute Gasteiger partial charge is 0.391 e. The van der Waals surface area contributed by atoms with Crippen molar-refractivity contribution in [3.63, 3.8) is 0 Å². The first kappa shape index (κ1) is 8.88. The Balaban J connectivity index is 3.58. The van der Waals surface area contributed by atoms with Crippen molar-refractivity contribution < 1.29 is 15.3 Å². The van der Waals surface area contributed by atoms with Crippen molar-refractivity contribution in [2.45, 2.75) is 38.6 Å². The Bertz CT molecular complexity index is 72.7. The van der Waals surface area contributed by atoms with Crippen molar-refractivity contribution in [1.82, 2.24) is 0 Å². The van der Waals surface area contributed by atoms with Gasteiger partial charge in [0.25, 0.3) is 0 Å². The van der Waals surface area contributed by atoms with E-state index in [0.717, 1.165) is 0 Å². The van der Waals surface area contributed by atoms with Crippen LogP contribution >= 0.6 is 0 Å². The Morgan fingerprint density at radius 1 is 1.22 bits per heavy atom. The standard InChI is InChI=1S/C6H14O3/c1-3-5(8)6(9)4(2)7/h4-9H,3H2,1-2H3/t4-,5-,6+/m1/s1.